The van der Waals surface area contributed by atoms with E-state index in [-0.39, 0.29) is 6.79 Å². The van der Waals surface area contributed by atoms with Crippen molar-refractivity contribution in [3.8, 4) is 23.0 Å². The Bertz CT molecular complexity index is 1060. The van der Waals surface area contributed by atoms with Gasteiger partial charge in [-0.2, -0.15) is 0 Å². The van der Waals surface area contributed by atoms with Crippen LogP contribution < -0.4 is 34.9 Å². The second-order valence-electron chi connectivity index (χ2n) is 6.75. The molecule has 1 aliphatic heterocycles. The number of ether oxygens (including phenoxy) is 4. The average molecular weight is 410 g/mol. The topological polar surface area (TPSA) is 54.0 Å². The Morgan fingerprint density at radius 1 is 0.931 bits per heavy atom. The lowest BCUT2D eigenvalue weighted by molar-refractivity contribution is 0.170. The minimum atomic E-state index is -3.18. The van der Waals surface area contributed by atoms with Crippen LogP contribution in [0.3, 0.4) is 0 Å². The van der Waals surface area contributed by atoms with Gasteiger partial charge in [0, 0.05) is 15.9 Å². The van der Waals surface area contributed by atoms with Crippen molar-refractivity contribution in [3.05, 3.63) is 66.2 Å². The number of rotatable bonds is 6. The number of fused-ring (bicyclic) bond motifs is 1. The molecule has 0 bridgehead atoms. The Morgan fingerprint density at radius 3 is 2.21 bits per heavy atom. The molecule has 0 fully saturated rings. The standard InChI is InChI=1S/C23H23O5P/c1-4-26-21-13-20(14-22-23(21)28-15-27-22)29(24,18-9-5-16(2)6-10-18)19-11-7-17(25-3)8-12-19/h5-14H,4,15H2,1-3H3. The zero-order valence-corrected chi connectivity index (χ0v) is 17.6. The van der Waals surface area contributed by atoms with Crippen LogP contribution in [0.15, 0.2) is 60.7 Å². The molecule has 0 aromatic heterocycles. The molecule has 4 rings (SSSR count). The van der Waals surface area contributed by atoms with Gasteiger partial charge in [0.25, 0.3) is 0 Å². The van der Waals surface area contributed by atoms with E-state index in [0.29, 0.717) is 40.2 Å². The Kier molecular flexibility index (Phi) is 5.25. The van der Waals surface area contributed by atoms with Crippen molar-refractivity contribution in [2.75, 3.05) is 20.5 Å². The summed E-state index contributed by atoms with van der Waals surface area (Å²) < 4.78 is 36.9. The third-order valence-electron chi connectivity index (χ3n) is 4.92. The third kappa shape index (κ3) is 3.47. The van der Waals surface area contributed by atoms with Crippen molar-refractivity contribution in [2.45, 2.75) is 13.8 Å². The Labute approximate surface area is 170 Å². The molecule has 1 heterocycles. The van der Waals surface area contributed by atoms with E-state index in [4.69, 9.17) is 18.9 Å². The maximum absolute atomic E-state index is 14.7. The first kappa shape index (κ1) is 19.4. The van der Waals surface area contributed by atoms with E-state index in [9.17, 15) is 4.57 Å². The first-order valence-electron chi connectivity index (χ1n) is 9.45. The summed E-state index contributed by atoms with van der Waals surface area (Å²) in [7, 11) is -1.57. The number of hydrogen-bond acceptors (Lipinski definition) is 5. The molecular weight excluding hydrogens is 387 g/mol. The summed E-state index contributed by atoms with van der Waals surface area (Å²) in [5, 5.41) is 2.09. The maximum atomic E-state index is 14.7. The molecule has 0 radical (unpaired) electrons. The highest BCUT2D eigenvalue weighted by atomic mass is 31.2. The fourth-order valence-corrected chi connectivity index (χ4v) is 6.03. The Balaban J connectivity index is 1.94. The quantitative estimate of drug-likeness (QED) is 0.579. The summed E-state index contributed by atoms with van der Waals surface area (Å²) in [6.07, 6.45) is 0. The summed E-state index contributed by atoms with van der Waals surface area (Å²) in [5.74, 6) is 2.36. The van der Waals surface area contributed by atoms with Crippen LogP contribution in [0.5, 0.6) is 23.0 Å². The highest BCUT2D eigenvalue weighted by Gasteiger charge is 2.33. The fourth-order valence-electron chi connectivity index (χ4n) is 3.40. The highest BCUT2D eigenvalue weighted by Crippen LogP contribution is 2.48. The van der Waals surface area contributed by atoms with E-state index in [2.05, 4.69) is 0 Å². The monoisotopic (exact) mass is 410 g/mol. The third-order valence-corrected chi connectivity index (χ3v) is 7.96. The molecule has 150 valence electrons. The molecular formula is C23H23O5P. The molecule has 0 saturated heterocycles. The Morgan fingerprint density at radius 2 is 1.59 bits per heavy atom. The van der Waals surface area contributed by atoms with Crippen molar-refractivity contribution in [1.29, 1.82) is 0 Å². The molecule has 3 aromatic carbocycles. The lowest BCUT2D eigenvalue weighted by Crippen LogP contribution is -2.25. The molecule has 1 aliphatic rings. The van der Waals surface area contributed by atoms with Gasteiger partial charge in [0.05, 0.1) is 13.7 Å². The second kappa shape index (κ2) is 7.84. The van der Waals surface area contributed by atoms with E-state index < -0.39 is 7.14 Å². The van der Waals surface area contributed by atoms with Gasteiger partial charge in [-0.25, -0.2) is 0 Å². The molecule has 0 saturated carbocycles. The van der Waals surface area contributed by atoms with Crippen molar-refractivity contribution in [3.63, 3.8) is 0 Å². The van der Waals surface area contributed by atoms with Crippen LogP contribution in [0.25, 0.3) is 0 Å². The lowest BCUT2D eigenvalue weighted by Gasteiger charge is -2.21. The molecule has 6 heteroatoms. The summed E-state index contributed by atoms with van der Waals surface area (Å²) in [6, 6.07) is 18.8. The van der Waals surface area contributed by atoms with E-state index in [1.807, 2.05) is 68.4 Å². The van der Waals surface area contributed by atoms with Gasteiger partial charge in [-0.3, -0.25) is 0 Å². The smallest absolute Gasteiger partial charge is 0.231 e. The van der Waals surface area contributed by atoms with E-state index in [1.54, 1.807) is 13.2 Å². The van der Waals surface area contributed by atoms with E-state index in [0.717, 1.165) is 10.9 Å². The van der Waals surface area contributed by atoms with E-state index in [1.165, 1.54) is 0 Å². The summed E-state index contributed by atoms with van der Waals surface area (Å²) in [6.45, 7) is 4.50. The number of hydrogen-bond donors (Lipinski definition) is 0. The van der Waals surface area contributed by atoms with Crippen molar-refractivity contribution in [1.82, 2.24) is 0 Å². The van der Waals surface area contributed by atoms with Gasteiger partial charge in [-0.1, -0.05) is 29.8 Å². The van der Waals surface area contributed by atoms with Crippen LogP contribution in [-0.2, 0) is 4.57 Å². The minimum absolute atomic E-state index is 0.121. The fraction of sp³-hybridized carbons (Fsp3) is 0.217. The molecule has 0 amide bonds. The molecule has 0 aliphatic carbocycles. The van der Waals surface area contributed by atoms with Gasteiger partial charge in [0.15, 0.2) is 18.6 Å². The molecule has 1 atom stereocenters. The molecule has 1 unspecified atom stereocenters. The van der Waals surface area contributed by atoms with Crippen molar-refractivity contribution in [2.24, 2.45) is 0 Å². The zero-order chi connectivity index (χ0) is 20.4. The van der Waals surface area contributed by atoms with Gasteiger partial charge in [0.1, 0.15) is 5.75 Å². The van der Waals surface area contributed by atoms with Gasteiger partial charge in [-0.15, -0.1) is 0 Å². The van der Waals surface area contributed by atoms with E-state index >= 15 is 0 Å². The number of benzene rings is 3. The predicted octanol–water partition coefficient (Wildman–Crippen LogP) is 3.77. The first-order chi connectivity index (χ1) is 14.1. The summed E-state index contributed by atoms with van der Waals surface area (Å²) >= 11 is 0. The van der Waals surface area contributed by atoms with Gasteiger partial charge in [0.2, 0.25) is 12.5 Å². The van der Waals surface area contributed by atoms with Crippen molar-refractivity contribution >= 4 is 23.1 Å². The number of aryl methyl sites for hydroxylation is 1. The maximum Gasteiger partial charge on any atom is 0.231 e. The predicted molar refractivity (Wildman–Crippen MR) is 114 cm³/mol. The highest BCUT2D eigenvalue weighted by molar-refractivity contribution is 7.85. The van der Waals surface area contributed by atoms with Crippen LogP contribution >= 0.6 is 7.14 Å². The largest absolute Gasteiger partial charge is 0.497 e. The van der Waals surface area contributed by atoms with Crippen LogP contribution in [-0.4, -0.2) is 20.5 Å². The van der Waals surface area contributed by atoms with Gasteiger partial charge >= 0.3 is 0 Å². The summed E-state index contributed by atoms with van der Waals surface area (Å²) in [5.41, 5.74) is 1.11. The van der Waals surface area contributed by atoms with Crippen LogP contribution in [0.2, 0.25) is 0 Å². The Hall–Kier alpha value is -2.91. The SMILES string of the molecule is CCOc1cc(P(=O)(c2ccc(C)cc2)c2ccc(OC)cc2)cc2c1OCO2. The molecule has 29 heavy (non-hydrogen) atoms. The van der Waals surface area contributed by atoms with Gasteiger partial charge in [-0.05, 0) is 50.2 Å². The van der Waals surface area contributed by atoms with Crippen LogP contribution in [0, 0.1) is 6.92 Å². The second-order valence-corrected chi connectivity index (χ2v) is 9.52. The molecule has 0 spiro atoms. The summed E-state index contributed by atoms with van der Waals surface area (Å²) in [4.78, 5) is 0. The van der Waals surface area contributed by atoms with Crippen LogP contribution in [0.4, 0.5) is 0 Å². The lowest BCUT2D eigenvalue weighted by atomic mass is 10.2. The first-order valence-corrected chi connectivity index (χ1v) is 11.2. The number of methoxy groups -OCH3 is 1. The van der Waals surface area contributed by atoms with Gasteiger partial charge < -0.3 is 23.5 Å². The van der Waals surface area contributed by atoms with Crippen molar-refractivity contribution < 1.29 is 23.5 Å². The normalized spacial score (nSPS) is 14.3. The molecule has 5 nitrogen and oxygen atoms in total. The van der Waals surface area contributed by atoms with Crippen LogP contribution in [0.1, 0.15) is 12.5 Å². The minimum Gasteiger partial charge on any atom is -0.497 e. The average Bonchev–Trinajstić information content (AvgIpc) is 3.23. The zero-order valence-electron chi connectivity index (χ0n) is 16.7. The molecule has 0 N–H and O–H groups in total. The molecule has 3 aromatic rings.